The molecule has 0 radical (unpaired) electrons. The molecule has 1 aliphatic rings. The zero-order chi connectivity index (χ0) is 10.8. The van der Waals surface area contributed by atoms with E-state index in [0.717, 1.165) is 17.2 Å². The SMILES string of the molecule is CCc1cc(CC2CCC(Br)C2)n(C)n1. The van der Waals surface area contributed by atoms with Crippen molar-refractivity contribution in [3.63, 3.8) is 0 Å². The van der Waals surface area contributed by atoms with Gasteiger partial charge in [0, 0.05) is 17.6 Å². The summed E-state index contributed by atoms with van der Waals surface area (Å²) in [5.41, 5.74) is 2.62. The molecule has 1 aromatic rings. The van der Waals surface area contributed by atoms with Crippen LogP contribution in [0.1, 0.15) is 37.6 Å². The van der Waals surface area contributed by atoms with E-state index in [9.17, 15) is 0 Å². The van der Waals surface area contributed by atoms with Crippen LogP contribution in [-0.4, -0.2) is 14.6 Å². The molecule has 1 saturated carbocycles. The molecule has 0 aliphatic heterocycles. The van der Waals surface area contributed by atoms with Gasteiger partial charge in [0.05, 0.1) is 5.69 Å². The second-order valence-corrected chi connectivity index (χ2v) is 5.88. The first kappa shape index (κ1) is 11.2. The van der Waals surface area contributed by atoms with Crippen molar-refractivity contribution in [1.82, 2.24) is 9.78 Å². The molecule has 1 heterocycles. The molecule has 0 N–H and O–H groups in total. The molecule has 84 valence electrons. The molecule has 1 aliphatic carbocycles. The lowest BCUT2D eigenvalue weighted by Gasteiger charge is -2.08. The monoisotopic (exact) mass is 270 g/mol. The number of hydrogen-bond acceptors (Lipinski definition) is 1. The van der Waals surface area contributed by atoms with Gasteiger partial charge in [0.15, 0.2) is 0 Å². The zero-order valence-electron chi connectivity index (χ0n) is 9.54. The van der Waals surface area contributed by atoms with Gasteiger partial charge in [-0.15, -0.1) is 0 Å². The first-order valence-corrected chi connectivity index (χ1v) is 6.76. The molecule has 2 unspecified atom stereocenters. The predicted molar refractivity (Wildman–Crippen MR) is 66.3 cm³/mol. The van der Waals surface area contributed by atoms with Crippen molar-refractivity contribution in [3.8, 4) is 0 Å². The topological polar surface area (TPSA) is 17.8 Å². The number of aromatic nitrogens is 2. The number of rotatable bonds is 3. The van der Waals surface area contributed by atoms with Crippen LogP contribution in [-0.2, 0) is 19.9 Å². The standard InChI is InChI=1S/C12H19BrN2/c1-3-11-8-12(15(2)14-11)7-9-4-5-10(13)6-9/h8-10H,3-7H2,1-2H3. The Morgan fingerprint density at radius 2 is 2.33 bits per heavy atom. The van der Waals surface area contributed by atoms with E-state index in [2.05, 4.69) is 45.7 Å². The fourth-order valence-electron chi connectivity index (χ4n) is 2.43. The summed E-state index contributed by atoms with van der Waals surface area (Å²) in [6.45, 7) is 2.16. The molecule has 3 heteroatoms. The van der Waals surface area contributed by atoms with Gasteiger partial charge >= 0.3 is 0 Å². The second-order valence-electron chi connectivity index (χ2n) is 4.58. The third-order valence-corrected chi connectivity index (χ3v) is 4.20. The Bertz CT molecular complexity index is 332. The van der Waals surface area contributed by atoms with Crippen LogP contribution in [0.15, 0.2) is 6.07 Å². The van der Waals surface area contributed by atoms with Gasteiger partial charge in [0.2, 0.25) is 0 Å². The summed E-state index contributed by atoms with van der Waals surface area (Å²) in [7, 11) is 2.06. The van der Waals surface area contributed by atoms with E-state index < -0.39 is 0 Å². The van der Waals surface area contributed by atoms with Crippen molar-refractivity contribution in [2.24, 2.45) is 13.0 Å². The smallest absolute Gasteiger partial charge is 0.0624 e. The number of halogens is 1. The van der Waals surface area contributed by atoms with Crippen molar-refractivity contribution >= 4 is 15.9 Å². The van der Waals surface area contributed by atoms with Crippen molar-refractivity contribution in [2.75, 3.05) is 0 Å². The van der Waals surface area contributed by atoms with Crippen molar-refractivity contribution in [2.45, 2.75) is 43.9 Å². The van der Waals surface area contributed by atoms with Gasteiger partial charge in [-0.1, -0.05) is 22.9 Å². The van der Waals surface area contributed by atoms with E-state index in [4.69, 9.17) is 0 Å². The van der Waals surface area contributed by atoms with E-state index in [1.165, 1.54) is 37.1 Å². The first-order chi connectivity index (χ1) is 7.19. The van der Waals surface area contributed by atoms with Gasteiger partial charge in [0.25, 0.3) is 0 Å². The molecule has 2 nitrogen and oxygen atoms in total. The van der Waals surface area contributed by atoms with Crippen LogP contribution in [0.2, 0.25) is 0 Å². The van der Waals surface area contributed by atoms with Crippen LogP contribution >= 0.6 is 15.9 Å². The minimum atomic E-state index is 0.751. The summed E-state index contributed by atoms with van der Waals surface area (Å²) in [6.07, 6.45) is 6.27. The van der Waals surface area contributed by atoms with Crippen LogP contribution < -0.4 is 0 Å². The van der Waals surface area contributed by atoms with Crippen LogP contribution in [0, 0.1) is 5.92 Å². The maximum absolute atomic E-state index is 4.50. The van der Waals surface area contributed by atoms with Gasteiger partial charge in [-0.25, -0.2) is 0 Å². The van der Waals surface area contributed by atoms with Crippen LogP contribution in [0.4, 0.5) is 0 Å². The molecule has 0 saturated heterocycles. The summed E-state index contributed by atoms with van der Waals surface area (Å²) < 4.78 is 2.06. The Morgan fingerprint density at radius 3 is 2.87 bits per heavy atom. The number of hydrogen-bond donors (Lipinski definition) is 0. The van der Waals surface area contributed by atoms with Crippen molar-refractivity contribution in [1.29, 1.82) is 0 Å². The van der Waals surface area contributed by atoms with E-state index in [-0.39, 0.29) is 0 Å². The minimum absolute atomic E-state index is 0.751. The number of aryl methyl sites for hydroxylation is 2. The van der Waals surface area contributed by atoms with Crippen LogP contribution in [0.3, 0.4) is 0 Å². The van der Waals surface area contributed by atoms with E-state index >= 15 is 0 Å². The van der Waals surface area contributed by atoms with Crippen LogP contribution in [0.25, 0.3) is 0 Å². The first-order valence-electron chi connectivity index (χ1n) is 5.85. The average molecular weight is 271 g/mol. The van der Waals surface area contributed by atoms with Gasteiger partial charge in [-0.3, -0.25) is 4.68 Å². The van der Waals surface area contributed by atoms with Gasteiger partial charge in [-0.05, 0) is 44.1 Å². The molecule has 2 rings (SSSR count). The average Bonchev–Trinajstić information content (AvgIpc) is 2.75. The van der Waals surface area contributed by atoms with Crippen molar-refractivity contribution < 1.29 is 0 Å². The Kier molecular flexibility index (Phi) is 3.49. The lowest BCUT2D eigenvalue weighted by molar-refractivity contribution is 0.522. The quantitative estimate of drug-likeness (QED) is 0.772. The fraction of sp³-hybridized carbons (Fsp3) is 0.750. The highest BCUT2D eigenvalue weighted by Crippen LogP contribution is 2.32. The molecule has 0 amide bonds. The van der Waals surface area contributed by atoms with E-state index in [1.807, 2.05) is 0 Å². The second kappa shape index (κ2) is 4.69. The summed E-state index contributed by atoms with van der Waals surface area (Å²) >= 11 is 3.71. The van der Waals surface area contributed by atoms with Gasteiger partial charge in [-0.2, -0.15) is 5.10 Å². The highest BCUT2D eigenvalue weighted by molar-refractivity contribution is 9.09. The third kappa shape index (κ3) is 2.63. The number of alkyl halides is 1. The highest BCUT2D eigenvalue weighted by atomic mass is 79.9. The van der Waals surface area contributed by atoms with Crippen molar-refractivity contribution in [3.05, 3.63) is 17.5 Å². The molecule has 15 heavy (non-hydrogen) atoms. The Hall–Kier alpha value is -0.310. The molecule has 1 aromatic heterocycles. The molecule has 0 aromatic carbocycles. The van der Waals surface area contributed by atoms with E-state index in [1.54, 1.807) is 0 Å². The third-order valence-electron chi connectivity index (χ3n) is 3.36. The molecule has 0 spiro atoms. The summed E-state index contributed by atoms with van der Waals surface area (Å²) in [5.74, 6) is 0.856. The number of nitrogens with zero attached hydrogens (tertiary/aromatic N) is 2. The molecular formula is C12H19BrN2. The van der Waals surface area contributed by atoms with Gasteiger partial charge < -0.3 is 0 Å². The molecule has 2 atom stereocenters. The van der Waals surface area contributed by atoms with E-state index in [0.29, 0.717) is 0 Å². The predicted octanol–water partition coefficient (Wildman–Crippen LogP) is 3.09. The Labute approximate surface area is 100 Å². The zero-order valence-corrected chi connectivity index (χ0v) is 11.1. The maximum Gasteiger partial charge on any atom is 0.0624 e. The highest BCUT2D eigenvalue weighted by Gasteiger charge is 2.23. The van der Waals surface area contributed by atoms with Crippen LogP contribution in [0.5, 0.6) is 0 Å². The normalized spacial score (nSPS) is 26.1. The lowest BCUT2D eigenvalue weighted by atomic mass is 10.0. The molecular weight excluding hydrogens is 252 g/mol. The largest absolute Gasteiger partial charge is 0.272 e. The minimum Gasteiger partial charge on any atom is -0.272 e. The lowest BCUT2D eigenvalue weighted by Crippen LogP contribution is -2.05. The fourth-order valence-corrected chi connectivity index (χ4v) is 3.22. The summed E-state index contributed by atoms with van der Waals surface area (Å²) in [6, 6.07) is 2.27. The Balaban J connectivity index is 2.00. The van der Waals surface area contributed by atoms with Gasteiger partial charge in [0.1, 0.15) is 0 Å². The summed E-state index contributed by atoms with van der Waals surface area (Å²) in [4.78, 5) is 0.751. The molecule has 1 fully saturated rings. The summed E-state index contributed by atoms with van der Waals surface area (Å²) in [5, 5.41) is 4.50. The Morgan fingerprint density at radius 1 is 1.53 bits per heavy atom. The maximum atomic E-state index is 4.50. The molecule has 0 bridgehead atoms.